The number of carbonyl (C=O) groups is 2. The normalized spacial score (nSPS) is 18.2. The van der Waals surface area contributed by atoms with E-state index in [1.807, 2.05) is 53.4 Å². The van der Waals surface area contributed by atoms with Crippen LogP contribution in [-0.4, -0.2) is 48.1 Å². The summed E-state index contributed by atoms with van der Waals surface area (Å²) in [6.07, 6.45) is 1.10. The second-order valence-corrected chi connectivity index (χ2v) is 9.36. The number of anilines is 1. The Morgan fingerprint density at radius 3 is 2.47 bits per heavy atom. The first-order valence-corrected chi connectivity index (χ1v) is 12.1. The van der Waals surface area contributed by atoms with Gasteiger partial charge >= 0.3 is 0 Å². The first-order valence-electron chi connectivity index (χ1n) is 12.1. The summed E-state index contributed by atoms with van der Waals surface area (Å²) in [6.45, 7) is 1.66. The highest BCUT2D eigenvalue weighted by atomic mass is 16.5. The van der Waals surface area contributed by atoms with Crippen LogP contribution < -0.4 is 20.3 Å². The van der Waals surface area contributed by atoms with Gasteiger partial charge in [0.15, 0.2) is 6.61 Å². The number of fused-ring (bicyclic) bond motifs is 4. The van der Waals surface area contributed by atoms with Crippen LogP contribution in [0.15, 0.2) is 71.5 Å². The molecule has 8 heteroatoms. The zero-order chi connectivity index (χ0) is 25.1. The molecule has 3 aromatic rings. The number of hydrogen-bond acceptors (Lipinski definition) is 5. The van der Waals surface area contributed by atoms with Gasteiger partial charge in [0.05, 0.1) is 13.5 Å². The number of amides is 2. The Bertz CT molecular complexity index is 1300. The summed E-state index contributed by atoms with van der Waals surface area (Å²) in [6, 6.07) is 20.1. The topological polar surface area (TPSA) is 89.9 Å². The Balaban J connectivity index is 1.24. The van der Waals surface area contributed by atoms with Gasteiger partial charge in [-0.3, -0.25) is 14.4 Å². The maximum atomic E-state index is 13.2. The number of hydrogen-bond donors (Lipinski definition) is 1. The number of para-hydroxylation sites is 1. The van der Waals surface area contributed by atoms with Crippen LogP contribution in [0.3, 0.4) is 0 Å². The number of ether oxygens (including phenoxy) is 2. The van der Waals surface area contributed by atoms with Gasteiger partial charge in [0.2, 0.25) is 5.91 Å². The molecular weight excluding hydrogens is 458 g/mol. The van der Waals surface area contributed by atoms with Crippen molar-refractivity contribution < 1.29 is 19.1 Å². The smallest absolute Gasteiger partial charge is 0.274 e. The van der Waals surface area contributed by atoms with Crippen molar-refractivity contribution in [3.05, 3.63) is 88.3 Å². The number of benzene rings is 2. The zero-order valence-corrected chi connectivity index (χ0v) is 20.2. The zero-order valence-electron chi connectivity index (χ0n) is 20.2. The number of nitrogens with zero attached hydrogens (tertiary/aromatic N) is 2. The predicted molar refractivity (Wildman–Crippen MR) is 135 cm³/mol. The van der Waals surface area contributed by atoms with Gasteiger partial charge in [-0.1, -0.05) is 30.3 Å². The molecule has 2 aliphatic heterocycles. The molecule has 0 unspecified atom stereocenters. The number of rotatable bonds is 7. The molecule has 1 fully saturated rings. The minimum Gasteiger partial charge on any atom is -0.497 e. The first kappa shape index (κ1) is 23.7. The number of pyridine rings is 1. The third-order valence-electron chi connectivity index (χ3n) is 6.86. The van der Waals surface area contributed by atoms with Gasteiger partial charge in [0, 0.05) is 31.2 Å². The lowest BCUT2D eigenvalue weighted by Gasteiger charge is -2.42. The fraction of sp³-hybridized carbons (Fsp3) is 0.321. The Labute approximate surface area is 209 Å². The molecule has 5 rings (SSSR count). The van der Waals surface area contributed by atoms with Crippen molar-refractivity contribution in [1.29, 1.82) is 0 Å². The van der Waals surface area contributed by atoms with Crippen LogP contribution >= 0.6 is 0 Å². The van der Waals surface area contributed by atoms with E-state index in [1.54, 1.807) is 29.9 Å². The average Bonchev–Trinajstić information content (AvgIpc) is 2.90. The Hall–Kier alpha value is -4.07. The van der Waals surface area contributed by atoms with Crippen LogP contribution in [-0.2, 0) is 22.6 Å². The summed E-state index contributed by atoms with van der Waals surface area (Å²) in [5.74, 6) is 1.36. The molecule has 0 aliphatic carbocycles. The highest BCUT2D eigenvalue weighted by Crippen LogP contribution is 2.35. The van der Waals surface area contributed by atoms with E-state index >= 15 is 0 Å². The summed E-state index contributed by atoms with van der Waals surface area (Å²) in [5.41, 5.74) is 1.83. The molecule has 0 spiro atoms. The van der Waals surface area contributed by atoms with Crippen LogP contribution in [0.2, 0.25) is 0 Å². The summed E-state index contributed by atoms with van der Waals surface area (Å²) in [5, 5.41) is 2.78. The van der Waals surface area contributed by atoms with E-state index in [0.717, 1.165) is 23.4 Å². The molecule has 0 saturated carbocycles. The third-order valence-corrected chi connectivity index (χ3v) is 6.86. The Kier molecular flexibility index (Phi) is 6.75. The van der Waals surface area contributed by atoms with Crippen molar-refractivity contribution in [2.24, 2.45) is 5.92 Å². The van der Waals surface area contributed by atoms with Crippen molar-refractivity contribution in [1.82, 2.24) is 9.47 Å². The summed E-state index contributed by atoms with van der Waals surface area (Å²) < 4.78 is 12.6. The van der Waals surface area contributed by atoms with Gasteiger partial charge in [-0.25, -0.2) is 0 Å². The van der Waals surface area contributed by atoms with Gasteiger partial charge in [-0.2, -0.15) is 0 Å². The van der Waals surface area contributed by atoms with E-state index in [2.05, 4.69) is 5.32 Å². The van der Waals surface area contributed by atoms with E-state index in [0.29, 0.717) is 25.4 Å². The molecule has 36 heavy (non-hydrogen) atoms. The molecule has 1 saturated heterocycles. The van der Waals surface area contributed by atoms with Crippen molar-refractivity contribution in [2.45, 2.75) is 25.3 Å². The summed E-state index contributed by atoms with van der Waals surface area (Å²) in [4.78, 5) is 40.5. The number of piperidine rings is 1. The lowest BCUT2D eigenvalue weighted by atomic mass is 9.83. The molecule has 2 bridgehead atoms. The third kappa shape index (κ3) is 5.12. The van der Waals surface area contributed by atoms with Crippen molar-refractivity contribution in [3.8, 4) is 11.5 Å². The van der Waals surface area contributed by atoms with E-state index in [-0.39, 0.29) is 47.9 Å². The number of likely N-dealkylation sites (tertiary alicyclic amines) is 1. The molecular formula is C28H29N3O5. The van der Waals surface area contributed by atoms with Gasteiger partial charge in [0.1, 0.15) is 17.2 Å². The fourth-order valence-corrected chi connectivity index (χ4v) is 5.12. The molecule has 2 atom stereocenters. The van der Waals surface area contributed by atoms with E-state index in [1.165, 1.54) is 0 Å². The van der Waals surface area contributed by atoms with Crippen LogP contribution in [0.4, 0.5) is 5.69 Å². The van der Waals surface area contributed by atoms with E-state index < -0.39 is 0 Å². The molecule has 2 aliphatic rings. The lowest BCUT2D eigenvalue weighted by molar-refractivity contribution is -0.136. The van der Waals surface area contributed by atoms with Gasteiger partial charge in [-0.15, -0.1) is 0 Å². The van der Waals surface area contributed by atoms with Gasteiger partial charge in [-0.05, 0) is 54.3 Å². The van der Waals surface area contributed by atoms with Crippen molar-refractivity contribution in [3.63, 3.8) is 0 Å². The predicted octanol–water partition coefficient (Wildman–Crippen LogP) is 3.06. The molecule has 186 valence electrons. The van der Waals surface area contributed by atoms with Crippen LogP contribution in [0.25, 0.3) is 0 Å². The summed E-state index contributed by atoms with van der Waals surface area (Å²) >= 11 is 0. The van der Waals surface area contributed by atoms with Gasteiger partial charge < -0.3 is 24.3 Å². The Morgan fingerprint density at radius 1 is 0.944 bits per heavy atom. The van der Waals surface area contributed by atoms with Crippen molar-refractivity contribution in [2.75, 3.05) is 32.1 Å². The first-order chi connectivity index (χ1) is 17.5. The molecule has 1 aromatic heterocycles. The fourth-order valence-electron chi connectivity index (χ4n) is 5.12. The molecule has 2 aromatic carbocycles. The summed E-state index contributed by atoms with van der Waals surface area (Å²) in [7, 11) is 1.59. The number of aromatic nitrogens is 1. The monoisotopic (exact) mass is 487 g/mol. The van der Waals surface area contributed by atoms with Crippen molar-refractivity contribution >= 4 is 17.5 Å². The number of carbonyl (C=O) groups excluding carboxylic acids is 2. The second-order valence-electron chi connectivity index (χ2n) is 9.36. The largest absolute Gasteiger partial charge is 0.497 e. The lowest BCUT2D eigenvalue weighted by Crippen LogP contribution is -2.50. The standard InChI is InChI=1S/C28H29N3O5/c1-35-22-9-7-19(8-10-22)14-26(32)29-24-11-12-25-21-13-20(16-31(25)28(24)34)15-30(17-21)27(33)18-36-23-5-3-2-4-6-23/h2-12,20-21H,13-18H2,1H3,(H,29,32)/t20-,21+/m0/s1. The Morgan fingerprint density at radius 2 is 1.72 bits per heavy atom. The second kappa shape index (κ2) is 10.3. The maximum absolute atomic E-state index is 13.2. The molecule has 1 N–H and O–H groups in total. The minimum atomic E-state index is -0.246. The number of nitrogens with one attached hydrogen (secondary N) is 1. The van der Waals surface area contributed by atoms with Crippen LogP contribution in [0.1, 0.15) is 23.6 Å². The van der Waals surface area contributed by atoms with Crippen LogP contribution in [0.5, 0.6) is 11.5 Å². The highest BCUT2D eigenvalue weighted by Gasteiger charge is 2.36. The quantitative estimate of drug-likeness (QED) is 0.553. The molecule has 2 amide bonds. The van der Waals surface area contributed by atoms with E-state index in [9.17, 15) is 14.4 Å². The van der Waals surface area contributed by atoms with Crippen LogP contribution in [0, 0.1) is 5.92 Å². The number of methoxy groups -OCH3 is 1. The SMILES string of the molecule is COc1ccc(CC(=O)Nc2ccc3n(c2=O)C[C@H]2C[C@@H]3CN(C(=O)COc3ccccc3)C2)cc1. The average molecular weight is 488 g/mol. The minimum absolute atomic E-state index is 0.00454. The highest BCUT2D eigenvalue weighted by molar-refractivity contribution is 5.92. The molecule has 0 radical (unpaired) electrons. The molecule has 3 heterocycles. The maximum Gasteiger partial charge on any atom is 0.274 e. The molecule has 8 nitrogen and oxygen atoms in total. The van der Waals surface area contributed by atoms with E-state index in [4.69, 9.17) is 9.47 Å². The van der Waals surface area contributed by atoms with Gasteiger partial charge in [0.25, 0.3) is 11.5 Å².